The molecule has 0 bridgehead atoms. The van der Waals surface area contributed by atoms with E-state index in [2.05, 4.69) is 54.5 Å². The summed E-state index contributed by atoms with van der Waals surface area (Å²) in [7, 11) is -1.07. The smallest absolute Gasteiger partial charge is 0.160 e. The Labute approximate surface area is 173 Å². The zero-order valence-corrected chi connectivity index (χ0v) is 18.6. The second-order valence-corrected chi connectivity index (χ2v) is 14.6. The van der Waals surface area contributed by atoms with Crippen molar-refractivity contribution < 1.29 is 4.74 Å². The molecule has 3 heterocycles. The molecule has 0 saturated carbocycles. The van der Waals surface area contributed by atoms with E-state index in [1.807, 2.05) is 23.0 Å². The van der Waals surface area contributed by atoms with Gasteiger partial charge in [0.15, 0.2) is 5.65 Å². The van der Waals surface area contributed by atoms with Crippen molar-refractivity contribution in [3.05, 3.63) is 42.7 Å². The van der Waals surface area contributed by atoms with Gasteiger partial charge in [0.25, 0.3) is 0 Å². The number of para-hydroxylation sites is 1. The minimum Gasteiger partial charge on any atom is -0.380 e. The molecular formula is C22H31N5OSi. The SMILES string of the molecule is C[Si](C)(C)CCOCn1ccc2nc(-c3ccccc3NC3CCNC3)cnc21. The van der Waals surface area contributed by atoms with Crippen molar-refractivity contribution in [1.82, 2.24) is 19.9 Å². The molecule has 29 heavy (non-hydrogen) atoms. The van der Waals surface area contributed by atoms with Gasteiger partial charge in [-0.1, -0.05) is 37.8 Å². The van der Waals surface area contributed by atoms with Gasteiger partial charge in [0.2, 0.25) is 0 Å². The standard InChI is InChI=1S/C22H31N5OSi/c1-29(2,3)13-12-28-16-27-11-9-20-22(27)24-15-21(26-20)18-6-4-5-7-19(18)25-17-8-10-23-14-17/h4-7,9,11,15,17,23,25H,8,10,12-14,16H2,1-3H3. The number of fused-ring (bicyclic) bond motifs is 1. The fourth-order valence-electron chi connectivity index (χ4n) is 3.57. The van der Waals surface area contributed by atoms with Crippen molar-refractivity contribution in [3.8, 4) is 11.3 Å². The Bertz CT molecular complexity index is 959. The van der Waals surface area contributed by atoms with Gasteiger partial charge in [0.1, 0.15) is 12.2 Å². The average molecular weight is 410 g/mol. The highest BCUT2D eigenvalue weighted by Gasteiger charge is 2.17. The van der Waals surface area contributed by atoms with Gasteiger partial charge < -0.3 is 19.9 Å². The summed E-state index contributed by atoms with van der Waals surface area (Å²) in [5, 5.41) is 7.06. The van der Waals surface area contributed by atoms with Crippen LogP contribution in [-0.4, -0.2) is 48.3 Å². The molecule has 1 aliphatic heterocycles. The largest absolute Gasteiger partial charge is 0.380 e. The minimum absolute atomic E-state index is 0.460. The number of ether oxygens (including phenoxy) is 1. The fourth-order valence-corrected chi connectivity index (χ4v) is 4.32. The van der Waals surface area contributed by atoms with Crippen LogP contribution in [0.15, 0.2) is 42.7 Å². The maximum absolute atomic E-state index is 5.88. The maximum Gasteiger partial charge on any atom is 0.160 e. The topological polar surface area (TPSA) is 64.0 Å². The van der Waals surface area contributed by atoms with Gasteiger partial charge in [0.05, 0.1) is 11.9 Å². The predicted octanol–water partition coefficient (Wildman–Crippen LogP) is 4.18. The van der Waals surface area contributed by atoms with Gasteiger partial charge in [-0.25, -0.2) is 9.97 Å². The van der Waals surface area contributed by atoms with Crippen LogP contribution in [0, 0.1) is 0 Å². The summed E-state index contributed by atoms with van der Waals surface area (Å²) in [6, 6.07) is 12.0. The number of nitrogens with one attached hydrogen (secondary N) is 2. The second-order valence-electron chi connectivity index (χ2n) is 8.98. The summed E-state index contributed by atoms with van der Waals surface area (Å²) in [5.41, 5.74) is 4.86. The van der Waals surface area contributed by atoms with E-state index in [1.54, 1.807) is 0 Å². The zero-order valence-electron chi connectivity index (χ0n) is 17.6. The van der Waals surface area contributed by atoms with E-state index in [4.69, 9.17) is 14.7 Å². The highest BCUT2D eigenvalue weighted by molar-refractivity contribution is 6.76. The monoisotopic (exact) mass is 409 g/mol. The molecule has 0 aliphatic carbocycles. The minimum atomic E-state index is -1.07. The van der Waals surface area contributed by atoms with Crippen LogP contribution >= 0.6 is 0 Å². The van der Waals surface area contributed by atoms with Gasteiger partial charge in [0, 0.05) is 44.7 Å². The molecule has 1 fully saturated rings. The van der Waals surface area contributed by atoms with Gasteiger partial charge in [-0.3, -0.25) is 0 Å². The number of benzene rings is 1. The summed E-state index contributed by atoms with van der Waals surface area (Å²) in [6.07, 6.45) is 5.02. The first-order valence-electron chi connectivity index (χ1n) is 10.5. The third kappa shape index (κ3) is 5.04. The Morgan fingerprint density at radius 1 is 1.24 bits per heavy atom. The van der Waals surface area contributed by atoms with Crippen LogP contribution in [0.3, 0.4) is 0 Å². The first-order valence-corrected chi connectivity index (χ1v) is 14.2. The molecule has 2 N–H and O–H groups in total. The summed E-state index contributed by atoms with van der Waals surface area (Å²) in [5.74, 6) is 0. The first-order chi connectivity index (χ1) is 14.0. The van der Waals surface area contributed by atoms with E-state index in [1.165, 1.54) is 6.04 Å². The number of hydrogen-bond acceptors (Lipinski definition) is 5. The van der Waals surface area contributed by atoms with Crippen LogP contribution in [0.1, 0.15) is 6.42 Å². The lowest BCUT2D eigenvalue weighted by Gasteiger charge is -2.16. The zero-order chi connectivity index (χ0) is 20.3. The van der Waals surface area contributed by atoms with Crippen molar-refractivity contribution in [3.63, 3.8) is 0 Å². The maximum atomic E-state index is 5.88. The Morgan fingerprint density at radius 3 is 2.90 bits per heavy atom. The van der Waals surface area contributed by atoms with Crippen molar-refractivity contribution in [2.24, 2.45) is 0 Å². The van der Waals surface area contributed by atoms with Crippen molar-refractivity contribution in [2.45, 2.75) is 44.9 Å². The van der Waals surface area contributed by atoms with E-state index in [0.717, 1.165) is 54.2 Å². The number of rotatable bonds is 8. The molecule has 0 radical (unpaired) electrons. The summed E-state index contributed by atoms with van der Waals surface area (Å²) in [6.45, 7) is 10.5. The number of nitrogens with zero attached hydrogens (tertiary/aromatic N) is 3. The highest BCUT2D eigenvalue weighted by atomic mass is 28.3. The van der Waals surface area contributed by atoms with Crippen LogP contribution in [0.5, 0.6) is 0 Å². The molecule has 0 amide bonds. The molecule has 4 rings (SSSR count). The lowest BCUT2D eigenvalue weighted by molar-refractivity contribution is 0.0899. The van der Waals surface area contributed by atoms with Crippen LogP contribution in [-0.2, 0) is 11.5 Å². The summed E-state index contributed by atoms with van der Waals surface area (Å²) in [4.78, 5) is 9.59. The third-order valence-electron chi connectivity index (χ3n) is 5.31. The molecule has 2 aromatic heterocycles. The van der Waals surface area contributed by atoms with Crippen molar-refractivity contribution in [2.75, 3.05) is 25.0 Å². The Hall–Kier alpha value is -2.22. The fraction of sp³-hybridized carbons (Fsp3) is 0.455. The van der Waals surface area contributed by atoms with Gasteiger partial charge in [-0.2, -0.15) is 0 Å². The van der Waals surface area contributed by atoms with Gasteiger partial charge >= 0.3 is 0 Å². The predicted molar refractivity (Wildman–Crippen MR) is 122 cm³/mol. The molecule has 6 nitrogen and oxygen atoms in total. The Balaban J connectivity index is 1.50. The molecule has 1 aromatic carbocycles. The first kappa shape index (κ1) is 20.1. The molecule has 7 heteroatoms. The van der Waals surface area contributed by atoms with Crippen LogP contribution in [0.25, 0.3) is 22.4 Å². The molecule has 0 spiro atoms. The van der Waals surface area contributed by atoms with Crippen LogP contribution in [0.4, 0.5) is 5.69 Å². The van der Waals surface area contributed by atoms with Crippen LogP contribution in [0.2, 0.25) is 25.7 Å². The van der Waals surface area contributed by atoms with E-state index >= 15 is 0 Å². The van der Waals surface area contributed by atoms with E-state index < -0.39 is 8.07 Å². The molecule has 154 valence electrons. The van der Waals surface area contributed by atoms with Crippen LogP contribution < -0.4 is 10.6 Å². The normalized spacial score (nSPS) is 17.1. The Morgan fingerprint density at radius 2 is 2.10 bits per heavy atom. The van der Waals surface area contributed by atoms with E-state index in [0.29, 0.717) is 12.8 Å². The molecule has 1 atom stereocenters. The quantitative estimate of drug-likeness (QED) is 0.431. The lowest BCUT2D eigenvalue weighted by atomic mass is 10.1. The third-order valence-corrected chi connectivity index (χ3v) is 7.02. The van der Waals surface area contributed by atoms with Gasteiger partial charge in [-0.15, -0.1) is 0 Å². The summed E-state index contributed by atoms with van der Waals surface area (Å²) < 4.78 is 7.92. The van der Waals surface area contributed by atoms with E-state index in [-0.39, 0.29) is 0 Å². The highest BCUT2D eigenvalue weighted by Crippen LogP contribution is 2.28. The second kappa shape index (κ2) is 8.65. The molecule has 1 saturated heterocycles. The number of aromatic nitrogens is 3. The summed E-state index contributed by atoms with van der Waals surface area (Å²) >= 11 is 0. The molecule has 1 unspecified atom stereocenters. The molecule has 3 aromatic rings. The van der Waals surface area contributed by atoms with Crippen molar-refractivity contribution in [1.29, 1.82) is 0 Å². The molecular weight excluding hydrogens is 378 g/mol. The van der Waals surface area contributed by atoms with Crippen molar-refractivity contribution >= 4 is 24.9 Å². The Kier molecular flexibility index (Phi) is 5.98. The number of hydrogen-bond donors (Lipinski definition) is 2. The van der Waals surface area contributed by atoms with Gasteiger partial charge in [-0.05, 0) is 31.1 Å². The molecule has 1 aliphatic rings. The van der Waals surface area contributed by atoms with E-state index in [9.17, 15) is 0 Å². The lowest BCUT2D eigenvalue weighted by Crippen LogP contribution is -2.22. The number of anilines is 1. The average Bonchev–Trinajstić information content (AvgIpc) is 3.34.